The van der Waals surface area contributed by atoms with E-state index in [1.165, 1.54) is 0 Å². The third-order valence-corrected chi connectivity index (χ3v) is 0. The van der Waals surface area contributed by atoms with Crippen LogP contribution in [0.5, 0.6) is 0 Å². The first kappa shape index (κ1) is 42.7. The molecule has 0 bridgehead atoms. The van der Waals surface area contributed by atoms with Gasteiger partial charge in [-0.1, -0.05) is 0 Å². The van der Waals surface area contributed by atoms with Crippen molar-refractivity contribution in [2.45, 2.75) is 0 Å². The van der Waals surface area contributed by atoms with Gasteiger partial charge in [0, 0.05) is 0 Å². The molecule has 0 atom stereocenters. The van der Waals surface area contributed by atoms with Crippen molar-refractivity contribution in [1.82, 2.24) is 0 Å². The maximum absolute atomic E-state index is 8.25. The maximum atomic E-state index is 8.25. The van der Waals surface area contributed by atoms with Gasteiger partial charge in [0.15, 0.2) is 0 Å². The molecular formula is AlCoN5O15. The van der Waals surface area contributed by atoms with Crippen molar-refractivity contribution >= 4 is 17.4 Å². The van der Waals surface area contributed by atoms with E-state index in [9.17, 15) is 0 Å². The standard InChI is InChI=1S/Al.Co.5NO3/c;;5*2-1(3)4/q+3;+2;5*-1. The first-order valence-electron chi connectivity index (χ1n) is 2.74. The van der Waals surface area contributed by atoms with Crippen LogP contribution in [-0.2, 0) is 16.8 Å². The molecule has 0 aromatic carbocycles. The quantitative estimate of drug-likeness (QED) is 0.253. The SMILES string of the molecule is O=[N+]([O-])[O-].O=[N+]([O-])[O-].O=[N+]([O-])[O-].O=[N+]([O-])[O-].O=[N+]([O-])[O-].[Al+3].[Co+2]. The second kappa shape index (κ2) is 36.1. The van der Waals surface area contributed by atoms with Crippen molar-refractivity contribution in [2.24, 2.45) is 0 Å². The summed E-state index contributed by atoms with van der Waals surface area (Å²) in [6.07, 6.45) is 0. The molecule has 0 unspecified atom stereocenters. The largest absolute Gasteiger partial charge is 3.00 e. The molecule has 1 radical (unpaired) electrons. The summed E-state index contributed by atoms with van der Waals surface area (Å²) in [7, 11) is 0. The third-order valence-electron chi connectivity index (χ3n) is 0. The zero-order valence-electron chi connectivity index (χ0n) is 9.27. The van der Waals surface area contributed by atoms with Crippen molar-refractivity contribution in [3.8, 4) is 0 Å². The summed E-state index contributed by atoms with van der Waals surface area (Å²) in [4.78, 5) is 41.2. The zero-order valence-corrected chi connectivity index (χ0v) is 11.5. The molecule has 22 heteroatoms. The molecule has 22 heavy (non-hydrogen) atoms. The van der Waals surface area contributed by atoms with E-state index in [0.717, 1.165) is 0 Å². The molecule has 0 N–H and O–H groups in total. The molecule has 20 nitrogen and oxygen atoms in total. The molecule has 127 valence electrons. The van der Waals surface area contributed by atoms with Gasteiger partial charge in [0.05, 0.1) is 25.4 Å². The number of hydrogen-bond donors (Lipinski definition) is 0. The predicted octanol–water partition coefficient (Wildman–Crippen LogP) is -1.58. The monoisotopic (exact) mass is 396 g/mol. The second-order valence-electron chi connectivity index (χ2n) is 1.12. The zero-order chi connectivity index (χ0) is 17.9. The molecule has 0 aromatic rings. The Balaban J connectivity index is -0.0000000250. The van der Waals surface area contributed by atoms with E-state index < -0.39 is 25.4 Å². The first-order valence-corrected chi connectivity index (χ1v) is 2.74. The van der Waals surface area contributed by atoms with E-state index >= 15 is 0 Å². The van der Waals surface area contributed by atoms with Crippen LogP contribution in [0.4, 0.5) is 0 Å². The van der Waals surface area contributed by atoms with E-state index in [2.05, 4.69) is 0 Å². The van der Waals surface area contributed by atoms with Crippen molar-refractivity contribution in [3.05, 3.63) is 76.6 Å². The average molecular weight is 396 g/mol. The minimum atomic E-state index is -1.75. The molecule has 0 saturated carbocycles. The summed E-state index contributed by atoms with van der Waals surface area (Å²) < 4.78 is 0. The Bertz CT molecular complexity index is 213. The summed E-state index contributed by atoms with van der Waals surface area (Å²) in [5, 5.41) is 73.8. The fraction of sp³-hybridized carbons (Fsp3) is 0. The Kier molecular flexibility index (Phi) is 70.2. The molecule has 0 fully saturated rings. The van der Waals surface area contributed by atoms with Crippen molar-refractivity contribution in [3.63, 3.8) is 0 Å². The molecule has 0 heterocycles. The minimum absolute atomic E-state index is 0. The predicted molar refractivity (Wildman–Crippen MR) is 57.6 cm³/mol. The van der Waals surface area contributed by atoms with E-state index in [4.69, 9.17) is 76.6 Å². The summed E-state index contributed by atoms with van der Waals surface area (Å²) in [5.74, 6) is 0. The van der Waals surface area contributed by atoms with Crippen LogP contribution in [0.25, 0.3) is 0 Å². The van der Waals surface area contributed by atoms with Gasteiger partial charge in [-0.15, -0.1) is 0 Å². The Morgan fingerprint density at radius 2 is 0.364 bits per heavy atom. The van der Waals surface area contributed by atoms with Gasteiger partial charge in [0.25, 0.3) is 0 Å². The molecule has 0 rings (SSSR count). The van der Waals surface area contributed by atoms with Crippen LogP contribution >= 0.6 is 0 Å². The Morgan fingerprint density at radius 1 is 0.364 bits per heavy atom. The van der Waals surface area contributed by atoms with Crippen molar-refractivity contribution < 1.29 is 42.2 Å². The van der Waals surface area contributed by atoms with Crippen LogP contribution in [0.15, 0.2) is 0 Å². The van der Waals surface area contributed by atoms with Crippen LogP contribution in [0, 0.1) is 76.6 Å². The van der Waals surface area contributed by atoms with Gasteiger partial charge < -0.3 is 76.6 Å². The van der Waals surface area contributed by atoms with Crippen LogP contribution in [-0.4, -0.2) is 42.8 Å². The van der Waals surface area contributed by atoms with E-state index in [1.54, 1.807) is 0 Å². The van der Waals surface area contributed by atoms with Crippen LogP contribution in [0.1, 0.15) is 0 Å². The van der Waals surface area contributed by atoms with Gasteiger partial charge in [-0.3, -0.25) is 0 Å². The Labute approximate surface area is 137 Å². The van der Waals surface area contributed by atoms with Crippen molar-refractivity contribution in [2.75, 3.05) is 0 Å². The first-order chi connectivity index (χ1) is 8.66. The molecule has 0 spiro atoms. The summed E-state index contributed by atoms with van der Waals surface area (Å²) in [6, 6.07) is 0. The van der Waals surface area contributed by atoms with E-state index in [1.807, 2.05) is 0 Å². The van der Waals surface area contributed by atoms with Gasteiger partial charge in [-0.05, 0) is 0 Å². The van der Waals surface area contributed by atoms with Crippen molar-refractivity contribution in [1.29, 1.82) is 0 Å². The second-order valence-corrected chi connectivity index (χ2v) is 1.12. The molecule has 0 saturated heterocycles. The normalized spacial score (nSPS) is 5.45. The summed E-state index contributed by atoms with van der Waals surface area (Å²) in [6.45, 7) is 0. The summed E-state index contributed by atoms with van der Waals surface area (Å²) >= 11 is 0. The fourth-order valence-corrected chi connectivity index (χ4v) is 0. The molecule has 0 aromatic heterocycles. The Hall–Kier alpha value is -2.96. The van der Waals surface area contributed by atoms with Crippen LogP contribution in [0.3, 0.4) is 0 Å². The smallest absolute Gasteiger partial charge is 0.356 e. The van der Waals surface area contributed by atoms with Gasteiger partial charge in [-0.25, -0.2) is 0 Å². The number of rotatable bonds is 0. The third kappa shape index (κ3) is 500. The molecule has 0 aliphatic rings. The van der Waals surface area contributed by atoms with E-state index in [0.29, 0.717) is 0 Å². The van der Waals surface area contributed by atoms with Gasteiger partial charge >= 0.3 is 34.1 Å². The maximum Gasteiger partial charge on any atom is 3.00 e. The van der Waals surface area contributed by atoms with Crippen LogP contribution < -0.4 is 0 Å². The fourth-order valence-electron chi connectivity index (χ4n) is 0. The van der Waals surface area contributed by atoms with Gasteiger partial charge in [-0.2, -0.15) is 0 Å². The average Bonchev–Trinajstić information content (AvgIpc) is 1.94. The number of hydrogen-bond acceptors (Lipinski definition) is 15. The van der Waals surface area contributed by atoms with E-state index in [-0.39, 0.29) is 34.1 Å². The minimum Gasteiger partial charge on any atom is -0.356 e. The number of nitrogens with zero attached hydrogens (tertiary/aromatic N) is 5. The molecule has 0 amide bonds. The molecular weight excluding hydrogens is 396 g/mol. The molecule has 0 aliphatic carbocycles. The Morgan fingerprint density at radius 3 is 0.364 bits per heavy atom. The summed E-state index contributed by atoms with van der Waals surface area (Å²) in [5.41, 5.74) is 0. The van der Waals surface area contributed by atoms with Gasteiger partial charge in [0.2, 0.25) is 0 Å². The van der Waals surface area contributed by atoms with Crippen LogP contribution in [0.2, 0.25) is 0 Å². The molecule has 0 aliphatic heterocycles. The van der Waals surface area contributed by atoms with Gasteiger partial charge in [0.1, 0.15) is 0 Å². The topological polar surface area (TPSA) is 331 Å².